The van der Waals surface area contributed by atoms with Gasteiger partial charge in [-0.25, -0.2) is 0 Å². The average molecular weight is 340 g/mol. The molecule has 0 aliphatic heterocycles. The Labute approximate surface area is 145 Å². The van der Waals surface area contributed by atoms with Crippen molar-refractivity contribution in [1.29, 1.82) is 0 Å². The molecule has 0 saturated heterocycles. The van der Waals surface area contributed by atoms with Gasteiger partial charge in [0.2, 0.25) is 5.91 Å². The summed E-state index contributed by atoms with van der Waals surface area (Å²) in [5.74, 6) is 0.663. The summed E-state index contributed by atoms with van der Waals surface area (Å²) >= 11 is 0. The van der Waals surface area contributed by atoms with Gasteiger partial charge in [-0.3, -0.25) is 9.48 Å². The number of benzene rings is 1. The molecule has 8 nitrogen and oxygen atoms in total. The van der Waals surface area contributed by atoms with Gasteiger partial charge in [0.1, 0.15) is 6.04 Å². The third-order valence-electron chi connectivity index (χ3n) is 3.82. The van der Waals surface area contributed by atoms with E-state index >= 15 is 0 Å². The Morgan fingerprint density at radius 2 is 2.04 bits per heavy atom. The third-order valence-corrected chi connectivity index (χ3v) is 3.82. The van der Waals surface area contributed by atoms with E-state index in [1.807, 2.05) is 37.3 Å². The molecule has 3 aromatic rings. The Balaban J connectivity index is 1.70. The highest BCUT2D eigenvalue weighted by Gasteiger charge is 2.24. The van der Waals surface area contributed by atoms with Gasteiger partial charge in [0.25, 0.3) is 5.89 Å². The maximum Gasteiger partial charge on any atom is 0.257 e. The lowest BCUT2D eigenvalue weighted by Gasteiger charge is -2.17. The summed E-state index contributed by atoms with van der Waals surface area (Å²) in [5.41, 5.74) is 1.62. The van der Waals surface area contributed by atoms with E-state index in [4.69, 9.17) is 4.52 Å². The Hall–Kier alpha value is -3.00. The van der Waals surface area contributed by atoms with E-state index in [0.717, 1.165) is 11.1 Å². The van der Waals surface area contributed by atoms with Crippen LogP contribution in [0.5, 0.6) is 0 Å². The molecular formula is C17H20N6O2. The van der Waals surface area contributed by atoms with Crippen molar-refractivity contribution in [2.75, 3.05) is 7.05 Å². The smallest absolute Gasteiger partial charge is 0.257 e. The molecule has 3 rings (SSSR count). The molecule has 0 fully saturated rings. The molecule has 0 aliphatic rings. The van der Waals surface area contributed by atoms with Crippen LogP contribution in [0.25, 0.3) is 11.5 Å². The standard InChI is InChI=1S/C17H20N6O2/c1-11(15-21-17(25-22-15)12-7-5-4-6-8-12)20-16(24)14(18-2)13-9-19-23(3)10-13/h4-11,14,18H,1-3H3,(H,20,24). The first-order chi connectivity index (χ1) is 12.1. The van der Waals surface area contributed by atoms with Crippen molar-refractivity contribution in [2.45, 2.75) is 19.0 Å². The molecule has 130 valence electrons. The number of likely N-dealkylation sites (N-methyl/N-ethyl adjacent to an activating group) is 1. The molecule has 8 heteroatoms. The van der Waals surface area contributed by atoms with E-state index in [9.17, 15) is 4.79 Å². The number of rotatable bonds is 6. The molecule has 0 saturated carbocycles. The summed E-state index contributed by atoms with van der Waals surface area (Å²) in [5, 5.41) is 14.0. The minimum Gasteiger partial charge on any atom is -0.345 e. The average Bonchev–Trinajstić information content (AvgIpc) is 3.26. The SMILES string of the molecule is CNC(C(=O)NC(C)c1noc(-c2ccccc2)n1)c1cnn(C)c1. The highest BCUT2D eigenvalue weighted by Crippen LogP contribution is 2.19. The third kappa shape index (κ3) is 3.74. The van der Waals surface area contributed by atoms with Crippen molar-refractivity contribution in [3.63, 3.8) is 0 Å². The van der Waals surface area contributed by atoms with Gasteiger partial charge < -0.3 is 15.2 Å². The van der Waals surface area contributed by atoms with Crippen molar-refractivity contribution in [2.24, 2.45) is 7.05 Å². The normalized spacial score (nSPS) is 13.4. The lowest BCUT2D eigenvalue weighted by molar-refractivity contribution is -0.123. The predicted molar refractivity (Wildman–Crippen MR) is 91.3 cm³/mol. The van der Waals surface area contributed by atoms with Crippen LogP contribution in [0.1, 0.15) is 30.4 Å². The summed E-state index contributed by atoms with van der Waals surface area (Å²) in [7, 11) is 3.53. The molecule has 25 heavy (non-hydrogen) atoms. The lowest BCUT2D eigenvalue weighted by Crippen LogP contribution is -2.37. The quantitative estimate of drug-likeness (QED) is 0.707. The van der Waals surface area contributed by atoms with Crippen LogP contribution in [-0.2, 0) is 11.8 Å². The molecule has 0 spiro atoms. The van der Waals surface area contributed by atoms with E-state index in [2.05, 4.69) is 25.9 Å². The fraction of sp³-hybridized carbons (Fsp3) is 0.294. The topological polar surface area (TPSA) is 97.9 Å². The van der Waals surface area contributed by atoms with Gasteiger partial charge >= 0.3 is 0 Å². The largest absolute Gasteiger partial charge is 0.345 e. The Morgan fingerprint density at radius 1 is 1.28 bits per heavy atom. The number of nitrogens with one attached hydrogen (secondary N) is 2. The number of aryl methyl sites for hydroxylation is 1. The minimum absolute atomic E-state index is 0.186. The predicted octanol–water partition coefficient (Wildman–Crippen LogP) is 1.61. The Kier molecular flexibility index (Phi) is 4.90. The van der Waals surface area contributed by atoms with Crippen LogP contribution >= 0.6 is 0 Å². The lowest BCUT2D eigenvalue weighted by atomic mass is 10.1. The minimum atomic E-state index is -0.503. The molecule has 2 aromatic heterocycles. The summed E-state index contributed by atoms with van der Waals surface area (Å²) in [6.07, 6.45) is 3.46. The van der Waals surface area contributed by atoms with Crippen LogP contribution in [0.2, 0.25) is 0 Å². The summed E-state index contributed by atoms with van der Waals surface area (Å²) < 4.78 is 6.94. The zero-order valence-corrected chi connectivity index (χ0v) is 14.3. The molecule has 2 heterocycles. The zero-order valence-electron chi connectivity index (χ0n) is 14.3. The molecule has 2 N–H and O–H groups in total. The molecule has 0 radical (unpaired) electrons. The first kappa shape index (κ1) is 16.8. The second kappa shape index (κ2) is 7.27. The highest BCUT2D eigenvalue weighted by molar-refractivity contribution is 5.83. The maximum absolute atomic E-state index is 12.5. The van der Waals surface area contributed by atoms with E-state index in [0.29, 0.717) is 11.7 Å². The van der Waals surface area contributed by atoms with E-state index in [-0.39, 0.29) is 11.9 Å². The first-order valence-corrected chi connectivity index (χ1v) is 7.93. The van der Waals surface area contributed by atoms with Crippen molar-refractivity contribution in [1.82, 2.24) is 30.6 Å². The van der Waals surface area contributed by atoms with Gasteiger partial charge in [-0.15, -0.1) is 0 Å². The van der Waals surface area contributed by atoms with Crippen molar-refractivity contribution in [3.8, 4) is 11.5 Å². The fourth-order valence-corrected chi connectivity index (χ4v) is 2.51. The highest BCUT2D eigenvalue weighted by atomic mass is 16.5. The second-order valence-electron chi connectivity index (χ2n) is 5.72. The van der Waals surface area contributed by atoms with E-state index in [1.54, 1.807) is 31.2 Å². The molecule has 0 aliphatic carbocycles. The maximum atomic E-state index is 12.5. The molecule has 0 bridgehead atoms. The van der Waals surface area contributed by atoms with E-state index in [1.165, 1.54) is 0 Å². The van der Waals surface area contributed by atoms with Crippen LogP contribution in [0.4, 0.5) is 0 Å². The van der Waals surface area contributed by atoms with Gasteiger partial charge in [-0.2, -0.15) is 10.1 Å². The Morgan fingerprint density at radius 3 is 2.68 bits per heavy atom. The van der Waals surface area contributed by atoms with Gasteiger partial charge in [0.05, 0.1) is 12.2 Å². The summed E-state index contributed by atoms with van der Waals surface area (Å²) in [6.45, 7) is 1.81. The number of nitrogens with zero attached hydrogens (tertiary/aromatic N) is 4. The van der Waals surface area contributed by atoms with Crippen LogP contribution in [0, 0.1) is 0 Å². The number of amides is 1. The molecule has 2 unspecified atom stereocenters. The Bertz CT molecular complexity index is 842. The van der Waals surface area contributed by atoms with Gasteiger partial charge in [0, 0.05) is 24.4 Å². The molecular weight excluding hydrogens is 320 g/mol. The number of hydrogen-bond donors (Lipinski definition) is 2. The number of hydrogen-bond acceptors (Lipinski definition) is 6. The van der Waals surface area contributed by atoms with Crippen LogP contribution in [0.3, 0.4) is 0 Å². The van der Waals surface area contributed by atoms with Crippen molar-refractivity contribution < 1.29 is 9.32 Å². The van der Waals surface area contributed by atoms with Crippen LogP contribution in [-0.4, -0.2) is 32.9 Å². The summed E-state index contributed by atoms with van der Waals surface area (Å²) in [6, 6.07) is 8.60. The monoisotopic (exact) mass is 340 g/mol. The second-order valence-corrected chi connectivity index (χ2v) is 5.72. The first-order valence-electron chi connectivity index (χ1n) is 7.93. The molecule has 2 atom stereocenters. The van der Waals surface area contributed by atoms with Gasteiger partial charge in [-0.1, -0.05) is 23.4 Å². The fourth-order valence-electron chi connectivity index (χ4n) is 2.51. The van der Waals surface area contributed by atoms with Crippen LogP contribution in [0.15, 0.2) is 47.2 Å². The van der Waals surface area contributed by atoms with Gasteiger partial charge in [-0.05, 0) is 26.1 Å². The van der Waals surface area contributed by atoms with Crippen LogP contribution < -0.4 is 10.6 Å². The molecule has 1 aromatic carbocycles. The van der Waals surface area contributed by atoms with Crippen molar-refractivity contribution >= 4 is 5.91 Å². The number of aromatic nitrogens is 4. The van der Waals surface area contributed by atoms with Crippen molar-refractivity contribution in [3.05, 3.63) is 54.1 Å². The number of carbonyl (C=O) groups excluding carboxylic acids is 1. The van der Waals surface area contributed by atoms with E-state index < -0.39 is 6.04 Å². The molecule has 1 amide bonds. The summed E-state index contributed by atoms with van der Waals surface area (Å²) in [4.78, 5) is 16.9. The van der Waals surface area contributed by atoms with Gasteiger partial charge in [0.15, 0.2) is 5.82 Å². The number of carbonyl (C=O) groups is 1. The zero-order chi connectivity index (χ0) is 17.8.